The topological polar surface area (TPSA) is 0 Å². The van der Waals surface area contributed by atoms with Crippen LogP contribution >= 0.6 is 0 Å². The van der Waals surface area contributed by atoms with Crippen molar-refractivity contribution in [3.8, 4) is 0 Å². The lowest BCUT2D eigenvalue weighted by molar-refractivity contribution is 0.782. The molecule has 1 fully saturated rings. The van der Waals surface area contributed by atoms with Crippen molar-refractivity contribution < 1.29 is 0 Å². The van der Waals surface area contributed by atoms with Crippen molar-refractivity contribution in [1.82, 2.24) is 0 Å². The smallest absolute Gasteiger partial charge is 0.0784 e. The van der Waals surface area contributed by atoms with Gasteiger partial charge in [-0.3, -0.25) is 0 Å². The zero-order chi connectivity index (χ0) is 10.0. The Morgan fingerprint density at radius 3 is 2.57 bits per heavy atom. The molecule has 14 heavy (non-hydrogen) atoms. The first-order valence-electron chi connectivity index (χ1n) is 6.21. The first kappa shape index (κ1) is 10.2. The van der Waals surface area contributed by atoms with Crippen LogP contribution in [0.2, 0.25) is 18.1 Å². The quantitative estimate of drug-likeness (QED) is 0.601. The van der Waals surface area contributed by atoms with Gasteiger partial charge in [0, 0.05) is 0 Å². The predicted molar refractivity (Wildman–Crippen MR) is 66.1 cm³/mol. The molecule has 1 aliphatic carbocycles. The molecule has 2 aliphatic rings. The summed E-state index contributed by atoms with van der Waals surface area (Å²) in [6.07, 6.45) is 11.7. The van der Waals surface area contributed by atoms with E-state index in [1.165, 1.54) is 19.3 Å². The van der Waals surface area contributed by atoms with Gasteiger partial charge in [-0.15, -0.1) is 0 Å². The van der Waals surface area contributed by atoms with Gasteiger partial charge in [0.05, 0.1) is 8.07 Å². The Morgan fingerprint density at radius 1 is 1.36 bits per heavy atom. The summed E-state index contributed by atoms with van der Waals surface area (Å²) in [7, 11) is -0.894. The zero-order valence-electron chi connectivity index (χ0n) is 9.55. The summed E-state index contributed by atoms with van der Waals surface area (Å²) < 4.78 is 0. The molecule has 1 unspecified atom stereocenters. The minimum atomic E-state index is -0.894. The van der Waals surface area contributed by atoms with Gasteiger partial charge in [-0.1, -0.05) is 68.2 Å². The summed E-state index contributed by atoms with van der Waals surface area (Å²) in [6.45, 7) is 4.65. The third-order valence-electron chi connectivity index (χ3n) is 4.04. The van der Waals surface area contributed by atoms with Crippen LogP contribution in [0.3, 0.4) is 0 Å². The van der Waals surface area contributed by atoms with Crippen molar-refractivity contribution in [3.63, 3.8) is 0 Å². The van der Waals surface area contributed by atoms with Gasteiger partial charge >= 0.3 is 0 Å². The van der Waals surface area contributed by atoms with Gasteiger partial charge in [0.2, 0.25) is 0 Å². The van der Waals surface area contributed by atoms with Gasteiger partial charge in [0.15, 0.2) is 0 Å². The Balaban J connectivity index is 2.10. The Hall–Kier alpha value is -0.303. The molecule has 0 bridgehead atoms. The van der Waals surface area contributed by atoms with E-state index in [-0.39, 0.29) is 0 Å². The van der Waals surface area contributed by atoms with Crippen LogP contribution in [0.5, 0.6) is 0 Å². The number of hydrogen-bond donors (Lipinski definition) is 0. The fourth-order valence-corrected chi connectivity index (χ4v) is 7.49. The minimum Gasteiger partial charge on any atom is -0.0784 e. The van der Waals surface area contributed by atoms with E-state index >= 15 is 0 Å². The Kier molecular flexibility index (Phi) is 2.96. The zero-order valence-corrected chi connectivity index (χ0v) is 10.6. The van der Waals surface area contributed by atoms with Crippen LogP contribution in [-0.2, 0) is 0 Å². The Morgan fingerprint density at radius 2 is 2.14 bits per heavy atom. The Bertz CT molecular complexity index is 258. The van der Waals surface area contributed by atoms with Gasteiger partial charge in [-0.2, -0.15) is 0 Å². The van der Waals surface area contributed by atoms with Gasteiger partial charge < -0.3 is 0 Å². The summed E-state index contributed by atoms with van der Waals surface area (Å²) in [5.74, 6) is 0.770. The maximum atomic E-state index is 2.58. The molecule has 0 radical (unpaired) electrons. The molecule has 1 heteroatoms. The fraction of sp³-hybridized carbons (Fsp3) is 0.692. The average Bonchev–Trinajstić information content (AvgIpc) is 2.59. The summed E-state index contributed by atoms with van der Waals surface area (Å²) in [5, 5.41) is 1.80. The van der Waals surface area contributed by atoms with Crippen LogP contribution in [0, 0.1) is 5.92 Å². The van der Waals surface area contributed by atoms with Crippen LogP contribution in [-0.4, -0.2) is 8.07 Å². The van der Waals surface area contributed by atoms with E-state index < -0.39 is 8.07 Å². The number of rotatable bonds is 4. The number of allylic oxidation sites excluding steroid dienone is 4. The highest BCUT2D eigenvalue weighted by molar-refractivity contribution is 6.89. The lowest BCUT2D eigenvalue weighted by Gasteiger charge is -2.40. The van der Waals surface area contributed by atoms with Crippen LogP contribution in [0.25, 0.3) is 0 Å². The molecule has 0 aromatic carbocycles. The third kappa shape index (κ3) is 1.63. The molecule has 2 rings (SSSR count). The van der Waals surface area contributed by atoms with Crippen molar-refractivity contribution in [1.29, 1.82) is 0 Å². The van der Waals surface area contributed by atoms with Crippen LogP contribution < -0.4 is 0 Å². The van der Waals surface area contributed by atoms with Crippen molar-refractivity contribution in [2.75, 3.05) is 0 Å². The van der Waals surface area contributed by atoms with E-state index in [1.807, 2.05) is 0 Å². The van der Waals surface area contributed by atoms with Gasteiger partial charge in [-0.05, 0) is 12.3 Å². The van der Waals surface area contributed by atoms with E-state index in [4.69, 9.17) is 0 Å². The second-order valence-corrected chi connectivity index (χ2v) is 9.58. The van der Waals surface area contributed by atoms with E-state index in [2.05, 4.69) is 32.1 Å². The SMILES string of the molecule is CCC[Si]1(C2=CC(CC)C=C2)CCC1. The van der Waals surface area contributed by atoms with Crippen molar-refractivity contribution in [2.45, 2.75) is 51.2 Å². The lowest BCUT2D eigenvalue weighted by atomic mass is 10.1. The molecule has 1 heterocycles. The Labute approximate surface area is 89.1 Å². The third-order valence-corrected chi connectivity index (χ3v) is 9.68. The highest BCUT2D eigenvalue weighted by Crippen LogP contribution is 2.44. The molecule has 0 nitrogen and oxygen atoms in total. The largest absolute Gasteiger partial charge is 0.0862 e. The van der Waals surface area contributed by atoms with Crippen molar-refractivity contribution in [3.05, 3.63) is 23.4 Å². The van der Waals surface area contributed by atoms with E-state index in [9.17, 15) is 0 Å². The van der Waals surface area contributed by atoms with Crippen molar-refractivity contribution in [2.24, 2.45) is 5.92 Å². The highest BCUT2D eigenvalue weighted by Gasteiger charge is 2.41. The first-order valence-corrected chi connectivity index (χ1v) is 8.83. The molecule has 0 aromatic rings. The van der Waals surface area contributed by atoms with E-state index in [0.717, 1.165) is 5.92 Å². The summed E-state index contributed by atoms with van der Waals surface area (Å²) in [6, 6.07) is 4.69. The summed E-state index contributed by atoms with van der Waals surface area (Å²) >= 11 is 0. The highest BCUT2D eigenvalue weighted by atomic mass is 28.3. The summed E-state index contributed by atoms with van der Waals surface area (Å²) in [5.41, 5.74) is 0. The molecular weight excluding hydrogens is 184 g/mol. The number of hydrogen-bond acceptors (Lipinski definition) is 0. The average molecular weight is 206 g/mol. The molecule has 1 atom stereocenters. The lowest BCUT2D eigenvalue weighted by Crippen LogP contribution is -2.42. The fourth-order valence-electron chi connectivity index (χ4n) is 2.94. The summed E-state index contributed by atoms with van der Waals surface area (Å²) in [4.78, 5) is 0. The van der Waals surface area contributed by atoms with Gasteiger partial charge in [0.1, 0.15) is 0 Å². The second-order valence-electron chi connectivity index (χ2n) is 4.94. The molecule has 0 aromatic heterocycles. The van der Waals surface area contributed by atoms with Crippen LogP contribution in [0.4, 0.5) is 0 Å². The normalized spacial score (nSPS) is 28.7. The van der Waals surface area contributed by atoms with Gasteiger partial charge in [0.25, 0.3) is 0 Å². The van der Waals surface area contributed by atoms with Gasteiger partial charge in [-0.25, -0.2) is 0 Å². The molecule has 0 saturated carbocycles. The maximum absolute atomic E-state index is 2.58. The first-order chi connectivity index (χ1) is 6.80. The molecule has 0 spiro atoms. The molecule has 0 amide bonds. The molecular formula is C13H22Si. The van der Waals surface area contributed by atoms with Crippen LogP contribution in [0.1, 0.15) is 33.1 Å². The van der Waals surface area contributed by atoms with Crippen molar-refractivity contribution >= 4 is 8.07 Å². The molecule has 78 valence electrons. The minimum absolute atomic E-state index is 0.770. The standard InChI is InChI=1S/C13H22Si/c1-3-8-14(9-5-10-14)13-7-6-12(4-2)11-13/h6-7,11-12H,3-5,8-10H2,1-2H3. The molecule has 1 aliphatic heterocycles. The van der Waals surface area contributed by atoms with E-state index in [1.54, 1.807) is 23.3 Å². The van der Waals surface area contributed by atoms with Crippen LogP contribution in [0.15, 0.2) is 23.4 Å². The molecule has 0 N–H and O–H groups in total. The second kappa shape index (κ2) is 4.06. The van der Waals surface area contributed by atoms with E-state index in [0.29, 0.717) is 0 Å². The monoisotopic (exact) mass is 206 g/mol. The maximum Gasteiger partial charge on any atom is 0.0862 e. The molecule has 1 saturated heterocycles. The predicted octanol–water partition coefficient (Wildman–Crippen LogP) is 4.31.